The molecule has 1 aliphatic heterocycles. The van der Waals surface area contributed by atoms with Crippen molar-refractivity contribution in [2.75, 3.05) is 13.2 Å². The molecule has 0 saturated carbocycles. The minimum Gasteiger partial charge on any atom is -0.488 e. The maximum Gasteiger partial charge on any atom is 0.157 e. The molecule has 0 amide bonds. The van der Waals surface area contributed by atoms with E-state index in [9.17, 15) is 0 Å². The van der Waals surface area contributed by atoms with Crippen LogP contribution in [-0.2, 0) is 4.74 Å². The van der Waals surface area contributed by atoms with Crippen LogP contribution in [0.25, 0.3) is 0 Å². The Labute approximate surface area is 121 Å². The molecule has 5 nitrogen and oxygen atoms in total. The molecule has 20 heavy (non-hydrogen) atoms. The third-order valence-electron chi connectivity index (χ3n) is 3.49. The van der Waals surface area contributed by atoms with Crippen molar-refractivity contribution in [1.29, 1.82) is 0 Å². The Kier molecular flexibility index (Phi) is 5.43. The van der Waals surface area contributed by atoms with Crippen molar-refractivity contribution in [3.05, 3.63) is 12.4 Å². The lowest BCUT2D eigenvalue weighted by atomic mass is 10.2. The molecule has 0 spiro atoms. The standard InChI is InChI=1S/C15H27N3O2/c1-11(2)16-7-13-5-6-14(20-13)10-19-15-8-17-18(9-15)12(3)4/h8-9,11-14,16H,5-7,10H2,1-4H3. The molecule has 1 aromatic rings. The van der Waals surface area contributed by atoms with Crippen LogP contribution in [-0.4, -0.2) is 41.2 Å². The van der Waals surface area contributed by atoms with Crippen LogP contribution in [0.1, 0.15) is 46.6 Å². The zero-order valence-electron chi connectivity index (χ0n) is 13.0. The Hall–Kier alpha value is -1.07. The fourth-order valence-electron chi connectivity index (χ4n) is 2.29. The van der Waals surface area contributed by atoms with Crippen LogP contribution >= 0.6 is 0 Å². The summed E-state index contributed by atoms with van der Waals surface area (Å²) in [5, 5.41) is 7.68. The SMILES string of the molecule is CC(C)NCC1CCC(COc2cnn(C(C)C)c2)O1. The highest BCUT2D eigenvalue weighted by Crippen LogP contribution is 2.21. The summed E-state index contributed by atoms with van der Waals surface area (Å²) in [5.74, 6) is 0.825. The van der Waals surface area contributed by atoms with E-state index in [1.165, 1.54) is 0 Å². The average molecular weight is 281 g/mol. The molecule has 2 atom stereocenters. The summed E-state index contributed by atoms with van der Waals surface area (Å²) in [6.07, 6.45) is 6.42. The van der Waals surface area contributed by atoms with Gasteiger partial charge in [0.05, 0.1) is 24.6 Å². The summed E-state index contributed by atoms with van der Waals surface area (Å²) in [6.45, 7) is 10.1. The van der Waals surface area contributed by atoms with Crippen molar-refractivity contribution in [2.45, 2.75) is 64.8 Å². The van der Waals surface area contributed by atoms with Gasteiger partial charge < -0.3 is 14.8 Å². The van der Waals surface area contributed by atoms with Crippen LogP contribution in [0.3, 0.4) is 0 Å². The second-order valence-corrected chi connectivity index (χ2v) is 6.08. The predicted molar refractivity (Wildman–Crippen MR) is 79.1 cm³/mol. The molecule has 0 aliphatic carbocycles. The third kappa shape index (κ3) is 4.49. The van der Waals surface area contributed by atoms with Gasteiger partial charge in [0.2, 0.25) is 0 Å². The fraction of sp³-hybridized carbons (Fsp3) is 0.800. The molecular weight excluding hydrogens is 254 g/mol. The van der Waals surface area contributed by atoms with Crippen LogP contribution in [0.15, 0.2) is 12.4 Å². The van der Waals surface area contributed by atoms with Gasteiger partial charge in [-0.15, -0.1) is 0 Å². The normalized spacial score (nSPS) is 22.9. The van der Waals surface area contributed by atoms with Crippen molar-refractivity contribution in [3.8, 4) is 5.75 Å². The Morgan fingerprint density at radius 2 is 2.10 bits per heavy atom. The molecule has 2 heterocycles. The third-order valence-corrected chi connectivity index (χ3v) is 3.49. The summed E-state index contributed by atoms with van der Waals surface area (Å²) in [7, 11) is 0. The molecule has 0 radical (unpaired) electrons. The van der Waals surface area contributed by atoms with Gasteiger partial charge in [-0.2, -0.15) is 5.10 Å². The van der Waals surface area contributed by atoms with Gasteiger partial charge >= 0.3 is 0 Å². The maximum absolute atomic E-state index is 5.97. The van der Waals surface area contributed by atoms with Crippen molar-refractivity contribution in [1.82, 2.24) is 15.1 Å². The average Bonchev–Trinajstić information content (AvgIpc) is 3.03. The zero-order chi connectivity index (χ0) is 14.5. The number of hydrogen-bond acceptors (Lipinski definition) is 4. The van der Waals surface area contributed by atoms with Crippen LogP contribution in [0.2, 0.25) is 0 Å². The molecule has 1 saturated heterocycles. The van der Waals surface area contributed by atoms with Gasteiger partial charge in [-0.1, -0.05) is 13.8 Å². The van der Waals surface area contributed by atoms with Crippen LogP contribution in [0.4, 0.5) is 0 Å². The first-order chi connectivity index (χ1) is 9.54. The minimum absolute atomic E-state index is 0.205. The first-order valence-corrected chi connectivity index (χ1v) is 7.60. The molecule has 2 rings (SSSR count). The molecule has 1 aliphatic rings. The van der Waals surface area contributed by atoms with Crippen LogP contribution < -0.4 is 10.1 Å². The Bertz CT molecular complexity index is 404. The van der Waals surface area contributed by atoms with E-state index < -0.39 is 0 Å². The quantitative estimate of drug-likeness (QED) is 0.833. The van der Waals surface area contributed by atoms with Crippen molar-refractivity contribution < 1.29 is 9.47 Å². The highest BCUT2D eigenvalue weighted by Gasteiger charge is 2.25. The number of ether oxygens (including phenoxy) is 2. The lowest BCUT2D eigenvalue weighted by Gasteiger charge is -2.16. The maximum atomic E-state index is 5.97. The number of nitrogens with one attached hydrogen (secondary N) is 1. The number of aromatic nitrogens is 2. The predicted octanol–water partition coefficient (Wildman–Crippen LogP) is 2.39. The van der Waals surface area contributed by atoms with Gasteiger partial charge in [-0.05, 0) is 26.7 Å². The van der Waals surface area contributed by atoms with E-state index in [2.05, 4.69) is 38.1 Å². The highest BCUT2D eigenvalue weighted by atomic mass is 16.5. The first kappa shape index (κ1) is 15.3. The van der Waals surface area contributed by atoms with Gasteiger partial charge in [0, 0.05) is 18.6 Å². The minimum atomic E-state index is 0.205. The lowest BCUT2D eigenvalue weighted by molar-refractivity contribution is 0.0178. The molecule has 2 unspecified atom stereocenters. The van der Waals surface area contributed by atoms with E-state index in [1.807, 2.05) is 10.9 Å². The monoisotopic (exact) mass is 281 g/mol. The van der Waals surface area contributed by atoms with E-state index >= 15 is 0 Å². The first-order valence-electron chi connectivity index (χ1n) is 7.60. The van der Waals surface area contributed by atoms with E-state index in [0.29, 0.717) is 24.8 Å². The lowest BCUT2D eigenvalue weighted by Crippen LogP contribution is -2.32. The topological polar surface area (TPSA) is 48.3 Å². The van der Waals surface area contributed by atoms with Crippen molar-refractivity contribution in [2.24, 2.45) is 0 Å². The summed E-state index contributed by atoms with van der Waals surface area (Å²) < 4.78 is 13.6. The van der Waals surface area contributed by atoms with Gasteiger partial charge in [0.15, 0.2) is 5.75 Å². The van der Waals surface area contributed by atoms with Crippen LogP contribution in [0.5, 0.6) is 5.75 Å². The highest BCUT2D eigenvalue weighted by molar-refractivity contribution is 5.12. The smallest absolute Gasteiger partial charge is 0.157 e. The molecule has 0 bridgehead atoms. The Morgan fingerprint density at radius 3 is 2.75 bits per heavy atom. The van der Waals surface area contributed by atoms with E-state index in [4.69, 9.17) is 9.47 Å². The molecule has 1 N–H and O–H groups in total. The Balaban J connectivity index is 1.69. The number of rotatable bonds is 7. The summed E-state index contributed by atoms with van der Waals surface area (Å²) >= 11 is 0. The Morgan fingerprint density at radius 1 is 1.35 bits per heavy atom. The summed E-state index contributed by atoms with van der Waals surface area (Å²) in [5.41, 5.74) is 0. The van der Waals surface area contributed by atoms with Gasteiger partial charge in [-0.25, -0.2) is 0 Å². The molecule has 1 aromatic heterocycles. The summed E-state index contributed by atoms with van der Waals surface area (Å²) in [6, 6.07) is 0.873. The van der Waals surface area contributed by atoms with Crippen molar-refractivity contribution >= 4 is 0 Å². The van der Waals surface area contributed by atoms with E-state index in [0.717, 1.165) is 25.1 Å². The fourth-order valence-corrected chi connectivity index (χ4v) is 2.29. The molecule has 0 aromatic carbocycles. The van der Waals surface area contributed by atoms with E-state index in [1.54, 1.807) is 6.20 Å². The van der Waals surface area contributed by atoms with E-state index in [-0.39, 0.29) is 6.10 Å². The second kappa shape index (κ2) is 7.09. The van der Waals surface area contributed by atoms with Gasteiger partial charge in [0.1, 0.15) is 6.61 Å². The van der Waals surface area contributed by atoms with Gasteiger partial charge in [-0.3, -0.25) is 4.68 Å². The molecule has 114 valence electrons. The largest absolute Gasteiger partial charge is 0.488 e. The van der Waals surface area contributed by atoms with Gasteiger partial charge in [0.25, 0.3) is 0 Å². The second-order valence-electron chi connectivity index (χ2n) is 6.08. The zero-order valence-corrected chi connectivity index (χ0v) is 13.0. The molecule has 1 fully saturated rings. The molecular formula is C15H27N3O2. The van der Waals surface area contributed by atoms with Crippen LogP contribution in [0, 0.1) is 0 Å². The number of hydrogen-bond donors (Lipinski definition) is 1. The molecule has 5 heteroatoms. The van der Waals surface area contributed by atoms with Crippen molar-refractivity contribution in [3.63, 3.8) is 0 Å². The summed E-state index contributed by atoms with van der Waals surface area (Å²) in [4.78, 5) is 0. The number of nitrogens with zero attached hydrogens (tertiary/aromatic N) is 2.